The maximum Gasteiger partial charge on any atom is 0.253 e. The fourth-order valence-electron chi connectivity index (χ4n) is 3.21. The standard InChI is InChI=1S/C23H21FN4O2/c1-14-15(2)28-22-18(12-17(24)13-19(22)27-14)23(29)26-10-5-11-30-20-8-3-6-16-7-4-9-25-21(16)20/h3-4,6-9,12-13H,5,10-11H2,1-2H3,(H,26,29). The lowest BCUT2D eigenvalue weighted by Gasteiger charge is -2.11. The second kappa shape index (κ2) is 8.41. The van der Waals surface area contributed by atoms with E-state index in [1.807, 2.05) is 37.3 Å². The van der Waals surface area contributed by atoms with Gasteiger partial charge in [0.1, 0.15) is 22.6 Å². The van der Waals surface area contributed by atoms with Crippen LogP contribution in [0, 0.1) is 19.7 Å². The first-order chi connectivity index (χ1) is 14.5. The van der Waals surface area contributed by atoms with E-state index in [0.717, 1.165) is 10.9 Å². The number of nitrogens with one attached hydrogen (secondary N) is 1. The van der Waals surface area contributed by atoms with Gasteiger partial charge in [0, 0.05) is 24.2 Å². The summed E-state index contributed by atoms with van der Waals surface area (Å²) in [6.07, 6.45) is 2.32. The van der Waals surface area contributed by atoms with Crippen LogP contribution < -0.4 is 10.1 Å². The average Bonchev–Trinajstić information content (AvgIpc) is 2.74. The molecule has 0 aliphatic carbocycles. The van der Waals surface area contributed by atoms with Crippen LogP contribution in [0.4, 0.5) is 4.39 Å². The van der Waals surface area contributed by atoms with Crippen LogP contribution >= 0.6 is 0 Å². The number of pyridine rings is 1. The summed E-state index contributed by atoms with van der Waals surface area (Å²) >= 11 is 0. The highest BCUT2D eigenvalue weighted by Gasteiger charge is 2.15. The Labute approximate surface area is 173 Å². The predicted molar refractivity (Wildman–Crippen MR) is 113 cm³/mol. The van der Waals surface area contributed by atoms with Crippen molar-refractivity contribution in [3.63, 3.8) is 0 Å². The van der Waals surface area contributed by atoms with Gasteiger partial charge >= 0.3 is 0 Å². The number of para-hydroxylation sites is 1. The first-order valence-corrected chi connectivity index (χ1v) is 9.72. The minimum atomic E-state index is -0.517. The molecule has 152 valence electrons. The van der Waals surface area contributed by atoms with Crippen molar-refractivity contribution in [1.29, 1.82) is 0 Å². The van der Waals surface area contributed by atoms with Gasteiger partial charge in [-0.2, -0.15) is 0 Å². The minimum absolute atomic E-state index is 0.180. The number of aromatic nitrogens is 3. The van der Waals surface area contributed by atoms with Crippen LogP contribution in [0.1, 0.15) is 28.2 Å². The van der Waals surface area contributed by atoms with Gasteiger partial charge in [-0.1, -0.05) is 18.2 Å². The molecule has 6 nitrogen and oxygen atoms in total. The summed E-state index contributed by atoms with van der Waals surface area (Å²) in [6.45, 7) is 4.41. The Morgan fingerprint density at radius 2 is 1.87 bits per heavy atom. The van der Waals surface area contributed by atoms with Gasteiger partial charge in [-0.05, 0) is 38.5 Å². The van der Waals surface area contributed by atoms with Crippen molar-refractivity contribution in [1.82, 2.24) is 20.3 Å². The van der Waals surface area contributed by atoms with E-state index < -0.39 is 5.82 Å². The Hall–Kier alpha value is -3.61. The van der Waals surface area contributed by atoms with Crippen LogP contribution in [0.5, 0.6) is 5.75 Å². The number of carbonyl (C=O) groups is 1. The first-order valence-electron chi connectivity index (χ1n) is 9.72. The molecule has 0 atom stereocenters. The number of halogens is 1. The Morgan fingerprint density at radius 3 is 2.73 bits per heavy atom. The number of ether oxygens (including phenoxy) is 1. The van der Waals surface area contributed by atoms with Gasteiger partial charge < -0.3 is 10.1 Å². The van der Waals surface area contributed by atoms with Crippen LogP contribution in [0.15, 0.2) is 48.7 Å². The zero-order valence-corrected chi connectivity index (χ0v) is 16.8. The number of benzene rings is 2. The topological polar surface area (TPSA) is 77.0 Å². The van der Waals surface area contributed by atoms with Crippen molar-refractivity contribution in [2.24, 2.45) is 0 Å². The molecule has 2 heterocycles. The molecule has 0 saturated carbocycles. The number of fused-ring (bicyclic) bond motifs is 2. The van der Waals surface area contributed by atoms with E-state index in [4.69, 9.17) is 4.74 Å². The molecule has 4 aromatic rings. The summed E-state index contributed by atoms with van der Waals surface area (Å²) in [5.74, 6) is -0.197. The van der Waals surface area contributed by atoms with E-state index in [2.05, 4.69) is 20.3 Å². The van der Waals surface area contributed by atoms with Crippen molar-refractivity contribution < 1.29 is 13.9 Å². The molecule has 1 amide bonds. The molecule has 0 radical (unpaired) electrons. The molecule has 30 heavy (non-hydrogen) atoms. The van der Waals surface area contributed by atoms with Crippen molar-refractivity contribution in [2.75, 3.05) is 13.2 Å². The van der Waals surface area contributed by atoms with Gasteiger partial charge in [0.25, 0.3) is 5.91 Å². The molecule has 0 aliphatic rings. The van der Waals surface area contributed by atoms with E-state index in [0.29, 0.717) is 47.7 Å². The van der Waals surface area contributed by atoms with Gasteiger partial charge in [0.05, 0.1) is 29.1 Å². The molecule has 0 aliphatic heterocycles. The third-order valence-corrected chi connectivity index (χ3v) is 4.85. The molecule has 0 bridgehead atoms. The Balaban J connectivity index is 1.39. The zero-order valence-electron chi connectivity index (χ0n) is 16.8. The SMILES string of the molecule is Cc1nc2cc(F)cc(C(=O)NCCCOc3cccc4cccnc34)c2nc1C. The fourth-order valence-corrected chi connectivity index (χ4v) is 3.21. The van der Waals surface area contributed by atoms with Gasteiger partial charge in [-0.3, -0.25) is 9.78 Å². The molecular weight excluding hydrogens is 383 g/mol. The predicted octanol–water partition coefficient (Wildman–Crippen LogP) is 4.13. The lowest BCUT2D eigenvalue weighted by Crippen LogP contribution is -2.26. The molecule has 2 aromatic carbocycles. The number of hydrogen-bond acceptors (Lipinski definition) is 5. The minimum Gasteiger partial charge on any atom is -0.491 e. The highest BCUT2D eigenvalue weighted by atomic mass is 19.1. The van der Waals surface area contributed by atoms with Crippen molar-refractivity contribution in [2.45, 2.75) is 20.3 Å². The summed E-state index contributed by atoms with van der Waals surface area (Å²) in [7, 11) is 0. The number of nitrogens with zero attached hydrogens (tertiary/aromatic N) is 3. The summed E-state index contributed by atoms with van der Waals surface area (Å²) in [5, 5.41) is 3.81. The van der Waals surface area contributed by atoms with Crippen LogP contribution in [0.3, 0.4) is 0 Å². The molecule has 0 unspecified atom stereocenters. The maximum atomic E-state index is 14.0. The lowest BCUT2D eigenvalue weighted by atomic mass is 10.1. The highest BCUT2D eigenvalue weighted by Crippen LogP contribution is 2.23. The maximum absolute atomic E-state index is 14.0. The van der Waals surface area contributed by atoms with E-state index in [1.165, 1.54) is 12.1 Å². The Kier molecular flexibility index (Phi) is 5.52. The molecule has 7 heteroatoms. The number of rotatable bonds is 6. The third-order valence-electron chi connectivity index (χ3n) is 4.85. The van der Waals surface area contributed by atoms with E-state index in [9.17, 15) is 9.18 Å². The molecule has 0 saturated heterocycles. The molecular formula is C23H21FN4O2. The van der Waals surface area contributed by atoms with Crippen LogP contribution in [-0.4, -0.2) is 34.0 Å². The van der Waals surface area contributed by atoms with E-state index in [-0.39, 0.29) is 11.5 Å². The second-order valence-corrected chi connectivity index (χ2v) is 7.00. The largest absolute Gasteiger partial charge is 0.491 e. The molecule has 0 spiro atoms. The number of carbonyl (C=O) groups excluding carboxylic acids is 1. The van der Waals surface area contributed by atoms with Gasteiger partial charge in [-0.25, -0.2) is 14.4 Å². The van der Waals surface area contributed by atoms with E-state index in [1.54, 1.807) is 13.1 Å². The molecule has 2 aromatic heterocycles. The number of hydrogen-bond donors (Lipinski definition) is 1. The van der Waals surface area contributed by atoms with Crippen LogP contribution in [0.25, 0.3) is 21.9 Å². The van der Waals surface area contributed by atoms with Crippen molar-refractivity contribution in [3.05, 3.63) is 71.4 Å². The van der Waals surface area contributed by atoms with Gasteiger partial charge in [0.2, 0.25) is 0 Å². The quantitative estimate of drug-likeness (QED) is 0.489. The Morgan fingerprint density at radius 1 is 1.07 bits per heavy atom. The van der Waals surface area contributed by atoms with Gasteiger partial charge in [0.15, 0.2) is 0 Å². The number of aryl methyl sites for hydroxylation is 2. The zero-order chi connectivity index (χ0) is 21.1. The van der Waals surface area contributed by atoms with Crippen molar-refractivity contribution in [3.8, 4) is 5.75 Å². The summed E-state index contributed by atoms with van der Waals surface area (Å²) in [5.41, 5.74) is 3.17. The summed E-state index contributed by atoms with van der Waals surface area (Å²) < 4.78 is 19.8. The average molecular weight is 404 g/mol. The Bertz CT molecular complexity index is 1240. The molecule has 1 N–H and O–H groups in total. The third kappa shape index (κ3) is 4.05. The smallest absolute Gasteiger partial charge is 0.253 e. The number of amides is 1. The normalized spacial score (nSPS) is 11.0. The second-order valence-electron chi connectivity index (χ2n) is 7.00. The molecule has 4 rings (SSSR count). The highest BCUT2D eigenvalue weighted by molar-refractivity contribution is 6.04. The van der Waals surface area contributed by atoms with E-state index >= 15 is 0 Å². The van der Waals surface area contributed by atoms with Crippen LogP contribution in [-0.2, 0) is 0 Å². The van der Waals surface area contributed by atoms with Crippen LogP contribution in [0.2, 0.25) is 0 Å². The first kappa shape index (κ1) is 19.7. The fraction of sp³-hybridized carbons (Fsp3) is 0.217. The molecule has 0 fully saturated rings. The summed E-state index contributed by atoms with van der Waals surface area (Å²) in [4.78, 5) is 25.7. The van der Waals surface area contributed by atoms with Crippen molar-refractivity contribution >= 4 is 27.8 Å². The monoisotopic (exact) mass is 404 g/mol. The van der Waals surface area contributed by atoms with Gasteiger partial charge in [-0.15, -0.1) is 0 Å². The summed E-state index contributed by atoms with van der Waals surface area (Å²) in [6, 6.07) is 12.1. The lowest BCUT2D eigenvalue weighted by molar-refractivity contribution is 0.0952.